The minimum atomic E-state index is -0.396. The van der Waals surface area contributed by atoms with Crippen LogP contribution in [0.2, 0.25) is 0 Å². The van der Waals surface area contributed by atoms with E-state index in [1.54, 1.807) is 15.9 Å². The zero-order valence-electron chi connectivity index (χ0n) is 19.0. The van der Waals surface area contributed by atoms with Crippen molar-refractivity contribution in [2.45, 2.75) is 37.7 Å². The van der Waals surface area contributed by atoms with E-state index in [2.05, 4.69) is 15.5 Å². The first-order valence-corrected chi connectivity index (χ1v) is 12.6. The molecule has 0 radical (unpaired) electrons. The van der Waals surface area contributed by atoms with Gasteiger partial charge < -0.3 is 5.32 Å². The minimum Gasteiger partial charge on any atom is -0.350 e. The van der Waals surface area contributed by atoms with Crippen LogP contribution in [0.15, 0.2) is 69.9 Å². The van der Waals surface area contributed by atoms with Crippen molar-refractivity contribution < 1.29 is 4.79 Å². The number of carbonyl (C=O) groups is 1. The lowest BCUT2D eigenvalue weighted by Crippen LogP contribution is -2.30. The quantitative estimate of drug-likeness (QED) is 0.355. The van der Waals surface area contributed by atoms with Crippen LogP contribution in [0.25, 0.3) is 22.4 Å². The molecule has 1 amide bonds. The van der Waals surface area contributed by atoms with Crippen LogP contribution in [0.3, 0.4) is 0 Å². The lowest BCUT2D eigenvalue weighted by molar-refractivity contribution is -0.120. The Labute approximate surface area is 204 Å². The normalized spacial score (nSPS) is 12.3. The van der Waals surface area contributed by atoms with Crippen LogP contribution in [0, 0.1) is 13.8 Å². The molecule has 172 valence electrons. The Bertz CT molecular complexity index is 1570. The molecule has 0 aliphatic carbocycles. The minimum absolute atomic E-state index is 0.0812. The molecule has 0 saturated carbocycles. The van der Waals surface area contributed by atoms with Crippen LogP contribution in [-0.2, 0) is 11.3 Å². The average Bonchev–Trinajstić information content (AvgIpc) is 3.50. The Morgan fingerprint density at radius 3 is 2.71 bits per heavy atom. The van der Waals surface area contributed by atoms with Gasteiger partial charge in [0.05, 0.1) is 28.4 Å². The van der Waals surface area contributed by atoms with E-state index in [0.29, 0.717) is 28.4 Å². The standard InChI is InChI=1S/C25H23N5O2S2/c1-15-8-6-12-20(16(15)2)29-23(32)19-10-4-5-11-21(19)30-24(29)27-28-25(30)34-17(3)22(31)26-14-18-9-7-13-33-18/h4-13,17H,14H2,1-3H3,(H,26,31). The number of rotatable bonds is 6. The van der Waals surface area contributed by atoms with E-state index >= 15 is 0 Å². The number of fused-ring (bicyclic) bond motifs is 3. The van der Waals surface area contributed by atoms with Crippen LogP contribution in [0.1, 0.15) is 22.9 Å². The van der Waals surface area contributed by atoms with Crippen molar-refractivity contribution in [1.82, 2.24) is 24.5 Å². The zero-order valence-corrected chi connectivity index (χ0v) is 20.6. The Balaban J connectivity index is 1.59. The molecule has 9 heteroatoms. The molecule has 3 heterocycles. The van der Waals surface area contributed by atoms with Gasteiger partial charge >= 0.3 is 0 Å². The third kappa shape index (κ3) is 3.91. The Hall–Kier alpha value is -3.43. The topological polar surface area (TPSA) is 81.3 Å². The molecule has 3 aromatic heterocycles. The molecule has 2 aromatic carbocycles. The second-order valence-electron chi connectivity index (χ2n) is 8.05. The molecule has 0 bridgehead atoms. The molecule has 0 aliphatic rings. The number of nitrogens with one attached hydrogen (secondary N) is 1. The van der Waals surface area contributed by atoms with E-state index in [-0.39, 0.29) is 11.5 Å². The van der Waals surface area contributed by atoms with Crippen molar-refractivity contribution in [3.8, 4) is 5.69 Å². The number of thiophene rings is 1. The predicted octanol–water partition coefficient (Wildman–Crippen LogP) is 4.51. The average molecular weight is 490 g/mol. The van der Waals surface area contributed by atoms with Crippen LogP contribution in [0.4, 0.5) is 0 Å². The summed E-state index contributed by atoms with van der Waals surface area (Å²) < 4.78 is 3.48. The van der Waals surface area contributed by atoms with Gasteiger partial charge in [-0.3, -0.25) is 14.0 Å². The van der Waals surface area contributed by atoms with Crippen LogP contribution < -0.4 is 10.9 Å². The number of hydrogen-bond acceptors (Lipinski definition) is 6. The highest BCUT2D eigenvalue weighted by Gasteiger charge is 2.22. The van der Waals surface area contributed by atoms with E-state index in [1.165, 1.54) is 11.8 Å². The second kappa shape index (κ2) is 9.08. The molecule has 1 unspecified atom stereocenters. The SMILES string of the molecule is Cc1cccc(-n2c(=O)c3ccccc3n3c(SC(C)C(=O)NCc4cccs4)nnc23)c1C. The number of aryl methyl sites for hydroxylation is 1. The molecule has 0 fully saturated rings. The summed E-state index contributed by atoms with van der Waals surface area (Å²) in [5, 5.41) is 14.5. The number of hydrogen-bond donors (Lipinski definition) is 1. The van der Waals surface area contributed by atoms with Gasteiger partial charge in [0.2, 0.25) is 11.7 Å². The molecule has 0 aliphatic heterocycles. The Kier molecular flexibility index (Phi) is 5.97. The van der Waals surface area contributed by atoms with Gasteiger partial charge in [-0.15, -0.1) is 21.5 Å². The predicted molar refractivity (Wildman–Crippen MR) is 137 cm³/mol. The maximum Gasteiger partial charge on any atom is 0.267 e. The fourth-order valence-electron chi connectivity index (χ4n) is 3.89. The Morgan fingerprint density at radius 2 is 1.91 bits per heavy atom. The monoisotopic (exact) mass is 489 g/mol. The fraction of sp³-hybridized carbons (Fsp3) is 0.200. The van der Waals surface area contributed by atoms with Gasteiger partial charge in [-0.05, 0) is 61.5 Å². The number of aromatic nitrogens is 4. The van der Waals surface area contributed by atoms with Gasteiger partial charge in [0.1, 0.15) is 0 Å². The highest BCUT2D eigenvalue weighted by molar-refractivity contribution is 8.00. The van der Waals surface area contributed by atoms with E-state index < -0.39 is 5.25 Å². The van der Waals surface area contributed by atoms with Crippen molar-refractivity contribution in [3.63, 3.8) is 0 Å². The number of para-hydroxylation sites is 1. The number of carbonyl (C=O) groups excluding carboxylic acids is 1. The highest BCUT2D eigenvalue weighted by Crippen LogP contribution is 2.27. The lowest BCUT2D eigenvalue weighted by atomic mass is 10.1. The molecular weight excluding hydrogens is 466 g/mol. The molecule has 1 atom stereocenters. The number of benzene rings is 2. The fourth-order valence-corrected chi connectivity index (χ4v) is 5.42. The highest BCUT2D eigenvalue weighted by atomic mass is 32.2. The van der Waals surface area contributed by atoms with Gasteiger partial charge in [-0.2, -0.15) is 0 Å². The maximum absolute atomic E-state index is 13.6. The van der Waals surface area contributed by atoms with E-state index in [9.17, 15) is 9.59 Å². The van der Waals surface area contributed by atoms with Gasteiger partial charge in [0, 0.05) is 4.88 Å². The Morgan fingerprint density at radius 1 is 1.09 bits per heavy atom. The molecule has 5 aromatic rings. The maximum atomic E-state index is 13.6. The third-order valence-corrected chi connectivity index (χ3v) is 7.80. The van der Waals surface area contributed by atoms with Crippen LogP contribution >= 0.6 is 23.1 Å². The largest absolute Gasteiger partial charge is 0.350 e. The molecule has 0 saturated heterocycles. The molecular formula is C25H23N5O2S2. The smallest absolute Gasteiger partial charge is 0.267 e. The van der Waals surface area contributed by atoms with E-state index in [4.69, 9.17) is 0 Å². The summed E-state index contributed by atoms with van der Waals surface area (Å²) in [6.45, 7) is 6.36. The van der Waals surface area contributed by atoms with Crippen molar-refractivity contribution in [2.24, 2.45) is 0 Å². The van der Waals surface area contributed by atoms with Crippen molar-refractivity contribution >= 4 is 45.7 Å². The summed E-state index contributed by atoms with van der Waals surface area (Å²) in [7, 11) is 0. The van der Waals surface area contributed by atoms with E-state index in [0.717, 1.165) is 21.7 Å². The summed E-state index contributed by atoms with van der Waals surface area (Å²) >= 11 is 2.93. The lowest BCUT2D eigenvalue weighted by Gasteiger charge is -2.15. The summed E-state index contributed by atoms with van der Waals surface area (Å²) in [6, 6.07) is 17.2. The summed E-state index contributed by atoms with van der Waals surface area (Å²) in [5.74, 6) is 0.341. The number of nitrogens with zero attached hydrogens (tertiary/aromatic N) is 4. The van der Waals surface area contributed by atoms with Gasteiger partial charge in [0.25, 0.3) is 5.56 Å². The number of amides is 1. The van der Waals surface area contributed by atoms with Gasteiger partial charge in [0.15, 0.2) is 5.16 Å². The van der Waals surface area contributed by atoms with E-state index in [1.807, 2.05) is 85.1 Å². The van der Waals surface area contributed by atoms with Crippen LogP contribution in [0.5, 0.6) is 0 Å². The summed E-state index contributed by atoms with van der Waals surface area (Å²) in [5.41, 5.74) is 3.41. The van der Waals surface area contributed by atoms with Crippen molar-refractivity contribution in [2.75, 3.05) is 0 Å². The molecule has 34 heavy (non-hydrogen) atoms. The first kappa shape index (κ1) is 22.4. The first-order valence-electron chi connectivity index (χ1n) is 10.9. The summed E-state index contributed by atoms with van der Waals surface area (Å²) in [4.78, 5) is 27.4. The molecule has 0 spiro atoms. The number of thioether (sulfide) groups is 1. The van der Waals surface area contributed by atoms with Gasteiger partial charge in [-0.25, -0.2) is 4.57 Å². The van der Waals surface area contributed by atoms with Gasteiger partial charge in [-0.1, -0.05) is 42.1 Å². The molecule has 1 N–H and O–H groups in total. The van der Waals surface area contributed by atoms with Crippen LogP contribution in [-0.4, -0.2) is 30.3 Å². The zero-order chi connectivity index (χ0) is 23.8. The molecule has 5 rings (SSSR count). The summed E-state index contributed by atoms with van der Waals surface area (Å²) in [6.07, 6.45) is 0. The third-order valence-electron chi connectivity index (χ3n) is 5.88. The van der Waals surface area contributed by atoms with Crippen molar-refractivity contribution in [3.05, 3.63) is 86.3 Å². The first-order chi connectivity index (χ1) is 16.5. The molecule has 7 nitrogen and oxygen atoms in total. The van der Waals surface area contributed by atoms with Crippen molar-refractivity contribution in [1.29, 1.82) is 0 Å². The second-order valence-corrected chi connectivity index (χ2v) is 10.4.